The quantitative estimate of drug-likeness (QED) is 0.410. The van der Waals surface area contributed by atoms with Gasteiger partial charge in [-0.2, -0.15) is 18.3 Å². The Bertz CT molecular complexity index is 1390. The summed E-state index contributed by atoms with van der Waals surface area (Å²) >= 11 is 0. The monoisotopic (exact) mass is 558 g/mol. The highest BCUT2D eigenvalue weighted by Crippen LogP contribution is 2.46. The second kappa shape index (κ2) is 11.0. The van der Waals surface area contributed by atoms with Gasteiger partial charge in [0.15, 0.2) is 5.69 Å². The first-order valence-electron chi connectivity index (χ1n) is 12.6. The first-order valence-corrected chi connectivity index (χ1v) is 12.6. The number of carboxylic acid groups (broad SMARTS) is 1. The fourth-order valence-electron chi connectivity index (χ4n) is 5.56. The van der Waals surface area contributed by atoms with Gasteiger partial charge in [-0.1, -0.05) is 24.6 Å². The summed E-state index contributed by atoms with van der Waals surface area (Å²) < 4.78 is 42.3. The number of rotatable bonds is 4. The van der Waals surface area contributed by atoms with Crippen molar-refractivity contribution in [3.63, 3.8) is 0 Å². The van der Waals surface area contributed by atoms with Gasteiger partial charge in [-0.15, -0.1) is 0 Å². The molecule has 0 bridgehead atoms. The third kappa shape index (κ3) is 5.51. The van der Waals surface area contributed by atoms with Gasteiger partial charge >= 0.3 is 6.18 Å². The molecule has 5 rings (SSSR count). The van der Waals surface area contributed by atoms with E-state index in [2.05, 4.69) is 10.4 Å². The molecular weight excluding hydrogens is 529 g/mol. The maximum absolute atomic E-state index is 13.7. The van der Waals surface area contributed by atoms with Crippen LogP contribution in [0.5, 0.6) is 5.75 Å². The van der Waals surface area contributed by atoms with Crippen molar-refractivity contribution in [2.75, 3.05) is 13.1 Å². The Kier molecular flexibility index (Phi) is 7.90. The maximum atomic E-state index is 13.7. The Morgan fingerprint density at radius 1 is 1.12 bits per heavy atom. The minimum absolute atomic E-state index is 0.156. The van der Waals surface area contributed by atoms with Gasteiger partial charge in [0, 0.05) is 36.3 Å². The number of alkyl halides is 3. The number of aromatic hydroxyl groups is 1. The molecule has 1 aromatic heterocycles. The summed E-state index contributed by atoms with van der Waals surface area (Å²) in [6.07, 6.45) is -1.48. The Hall–Kier alpha value is -4.35. The van der Waals surface area contributed by atoms with Gasteiger partial charge in [0.1, 0.15) is 5.75 Å². The largest absolute Gasteiger partial charge is 0.507 e. The molecule has 1 atom stereocenters. The molecule has 3 N–H and O–H groups in total. The van der Waals surface area contributed by atoms with Crippen molar-refractivity contribution in [3.8, 4) is 11.4 Å². The molecule has 2 fully saturated rings. The number of nitrogens with one attached hydrogen (secondary N) is 1. The normalized spacial score (nSPS) is 17.5. The van der Waals surface area contributed by atoms with E-state index in [0.29, 0.717) is 41.9 Å². The maximum Gasteiger partial charge on any atom is 0.435 e. The van der Waals surface area contributed by atoms with Gasteiger partial charge in [-0.3, -0.25) is 14.4 Å². The Morgan fingerprint density at radius 2 is 1.73 bits per heavy atom. The van der Waals surface area contributed by atoms with Crippen molar-refractivity contribution in [1.82, 2.24) is 20.0 Å². The summed E-state index contributed by atoms with van der Waals surface area (Å²) in [6.45, 7) is 4.03. The van der Waals surface area contributed by atoms with Crippen LogP contribution < -0.4 is 5.32 Å². The molecule has 9 nitrogen and oxygen atoms in total. The highest BCUT2D eigenvalue weighted by Gasteiger charge is 2.53. The van der Waals surface area contributed by atoms with E-state index in [4.69, 9.17) is 9.90 Å². The number of carbonyl (C=O) groups excluding carboxylic acids is 2. The number of phenolic OH excluding ortho intramolecular Hbond substituents is 1. The first-order chi connectivity index (χ1) is 18.9. The van der Waals surface area contributed by atoms with Gasteiger partial charge in [-0.25, -0.2) is 4.68 Å². The van der Waals surface area contributed by atoms with Crippen molar-refractivity contribution >= 4 is 18.3 Å². The SMILES string of the molecule is Cc1cc(C(=O)N2CC3(CCCC3NC(=O)c3cn(-c4ccccc4)nc3C(F)(F)F)C2)cc(C)c1O.O=CO. The van der Waals surface area contributed by atoms with Crippen molar-refractivity contribution in [2.24, 2.45) is 5.41 Å². The number of carbonyl (C=O) groups is 3. The second-order valence-corrected chi connectivity index (χ2v) is 10.2. The standard InChI is InChI=1S/C27H27F3N4O3.CH2O2/c1-16-11-18(12-17(2)22(16)35)25(37)33-14-26(15-33)10-6-9-21(26)31-24(36)20-13-34(19-7-4-3-5-8-19)32-23(20)27(28,29)30;2-1-3/h3-5,7-8,11-13,21,35H,6,9-10,14-15H2,1-2H3,(H,31,36);1H,(H,2,3). The van der Waals surface area contributed by atoms with Crippen molar-refractivity contribution in [2.45, 2.75) is 45.3 Å². The van der Waals surface area contributed by atoms with E-state index in [1.54, 1.807) is 61.2 Å². The smallest absolute Gasteiger partial charge is 0.435 e. The lowest BCUT2D eigenvalue weighted by Crippen LogP contribution is -2.64. The third-order valence-corrected chi connectivity index (χ3v) is 7.50. The van der Waals surface area contributed by atoms with Crippen LogP contribution in [0.3, 0.4) is 0 Å². The van der Waals surface area contributed by atoms with E-state index >= 15 is 0 Å². The van der Waals surface area contributed by atoms with Crippen LogP contribution in [0.2, 0.25) is 0 Å². The van der Waals surface area contributed by atoms with Crippen molar-refractivity contribution in [1.29, 1.82) is 0 Å². The predicted octanol–water partition coefficient (Wildman–Crippen LogP) is 4.34. The van der Waals surface area contributed by atoms with Crippen LogP contribution in [0.1, 0.15) is 56.8 Å². The number of phenols is 1. The van der Waals surface area contributed by atoms with Crippen LogP contribution >= 0.6 is 0 Å². The van der Waals surface area contributed by atoms with Crippen molar-refractivity contribution < 1.29 is 37.8 Å². The zero-order chi connectivity index (χ0) is 29.2. The number of halogens is 3. The Balaban J connectivity index is 0.00000118. The zero-order valence-corrected chi connectivity index (χ0v) is 21.9. The number of likely N-dealkylation sites (tertiary alicyclic amines) is 1. The topological polar surface area (TPSA) is 125 Å². The lowest BCUT2D eigenvalue weighted by atomic mass is 9.74. The molecule has 1 aliphatic heterocycles. The molecule has 1 spiro atoms. The van der Waals surface area contributed by atoms with Gasteiger partial charge in [0.2, 0.25) is 0 Å². The van der Waals surface area contributed by atoms with Crippen LogP contribution in [-0.4, -0.2) is 62.3 Å². The van der Waals surface area contributed by atoms with Gasteiger partial charge in [-0.05, 0) is 62.1 Å². The van der Waals surface area contributed by atoms with Crippen LogP contribution in [0.15, 0.2) is 48.7 Å². The number of benzene rings is 2. The van der Waals surface area contributed by atoms with Crippen LogP contribution in [0.25, 0.3) is 5.69 Å². The summed E-state index contributed by atoms with van der Waals surface area (Å²) in [5.41, 5.74) is -0.0194. The number of amides is 2. The molecule has 12 heteroatoms. The number of hydrogen-bond acceptors (Lipinski definition) is 5. The lowest BCUT2D eigenvalue weighted by molar-refractivity contribution is -0.141. The minimum atomic E-state index is -4.79. The van der Waals surface area contributed by atoms with Crippen LogP contribution in [-0.2, 0) is 11.0 Å². The average molecular weight is 559 g/mol. The molecule has 1 saturated heterocycles. The molecule has 0 radical (unpaired) electrons. The summed E-state index contributed by atoms with van der Waals surface area (Å²) in [7, 11) is 0. The summed E-state index contributed by atoms with van der Waals surface area (Å²) in [4.78, 5) is 36.2. The predicted molar refractivity (Wildman–Crippen MR) is 138 cm³/mol. The van der Waals surface area contributed by atoms with E-state index in [1.165, 1.54) is 0 Å². The molecule has 1 aliphatic carbocycles. The summed E-state index contributed by atoms with van der Waals surface area (Å²) in [5, 5.41) is 23.4. The highest BCUT2D eigenvalue weighted by molar-refractivity contribution is 5.96. The number of hydrogen-bond donors (Lipinski definition) is 3. The Morgan fingerprint density at radius 3 is 2.30 bits per heavy atom. The minimum Gasteiger partial charge on any atom is -0.507 e. The molecule has 2 aliphatic rings. The van der Waals surface area contributed by atoms with E-state index in [-0.39, 0.29) is 29.6 Å². The molecule has 1 unspecified atom stereocenters. The summed E-state index contributed by atoms with van der Waals surface area (Å²) in [5.74, 6) is -0.836. The first kappa shape index (κ1) is 28.7. The van der Waals surface area contributed by atoms with E-state index in [1.807, 2.05) is 0 Å². The number of para-hydroxylation sites is 1. The number of nitrogens with zero attached hydrogens (tertiary/aromatic N) is 3. The zero-order valence-electron chi connectivity index (χ0n) is 21.9. The van der Waals surface area contributed by atoms with Gasteiger partial charge in [0.05, 0.1) is 11.3 Å². The van der Waals surface area contributed by atoms with Crippen LogP contribution in [0.4, 0.5) is 13.2 Å². The molecule has 2 heterocycles. The highest BCUT2D eigenvalue weighted by atomic mass is 19.4. The Labute approximate surface area is 228 Å². The summed E-state index contributed by atoms with van der Waals surface area (Å²) in [6, 6.07) is 11.2. The average Bonchev–Trinajstić information content (AvgIpc) is 3.52. The fraction of sp³-hybridized carbons (Fsp3) is 0.357. The van der Waals surface area contributed by atoms with Gasteiger partial charge in [0.25, 0.3) is 18.3 Å². The second-order valence-electron chi connectivity index (χ2n) is 10.2. The number of aromatic nitrogens is 2. The van der Waals surface area contributed by atoms with Gasteiger partial charge < -0.3 is 20.4 Å². The lowest BCUT2D eigenvalue weighted by Gasteiger charge is -2.51. The molecule has 3 aromatic rings. The third-order valence-electron chi connectivity index (χ3n) is 7.50. The van der Waals surface area contributed by atoms with E-state index in [9.17, 15) is 27.9 Å². The molecule has 212 valence electrons. The van der Waals surface area contributed by atoms with Crippen molar-refractivity contribution in [3.05, 3.63) is 76.6 Å². The van der Waals surface area contributed by atoms with E-state index in [0.717, 1.165) is 23.7 Å². The fourth-order valence-corrected chi connectivity index (χ4v) is 5.56. The molecule has 40 heavy (non-hydrogen) atoms. The molecule has 2 amide bonds. The van der Waals surface area contributed by atoms with E-state index < -0.39 is 23.3 Å². The molecule has 2 aromatic carbocycles. The molecular formula is C28H29F3N4O5. The number of aryl methyl sites for hydroxylation is 2. The van der Waals surface area contributed by atoms with Crippen LogP contribution in [0, 0.1) is 19.3 Å². The molecule has 1 saturated carbocycles.